The maximum absolute atomic E-state index is 4.07. The normalized spacial score (nSPS) is 32.0. The van der Waals surface area contributed by atoms with E-state index in [2.05, 4.69) is 4.99 Å². The van der Waals surface area contributed by atoms with Gasteiger partial charge < -0.3 is 0 Å². The molecule has 0 N–H and O–H groups in total. The Kier molecular flexibility index (Phi) is 7.01. The lowest BCUT2D eigenvalue weighted by Gasteiger charge is -1.77. The fourth-order valence-electron chi connectivity index (χ4n) is 0.954. The smallest absolute Gasteiger partial charge is 0.0267 e. The Morgan fingerprint density at radius 1 is 0.375 bits per heavy atom. The van der Waals surface area contributed by atoms with Gasteiger partial charge in [0.15, 0.2) is 0 Å². The predicted octanol–water partition coefficient (Wildman–Crippen LogP) is 3.92. The molecule has 1 heterocycles. The minimum atomic E-state index is 1.75. The van der Waals surface area contributed by atoms with Crippen LogP contribution in [-0.2, 0) is 0 Å². The highest BCUT2D eigenvalue weighted by Gasteiger charge is 1.66. The van der Waals surface area contributed by atoms with E-state index in [0.717, 1.165) is 0 Å². The summed E-state index contributed by atoms with van der Waals surface area (Å²) in [5.74, 6) is 0. The molecule has 0 spiro atoms. The highest BCUT2D eigenvalue weighted by molar-refractivity contribution is 5.72. The lowest BCUT2D eigenvalue weighted by Crippen LogP contribution is -1.61. The van der Waals surface area contributed by atoms with Gasteiger partial charge in [-0.2, -0.15) is 0 Å². The van der Waals surface area contributed by atoms with Gasteiger partial charge in [-0.3, -0.25) is 4.99 Å². The summed E-state index contributed by atoms with van der Waals surface area (Å²) in [4.78, 5) is 4.07. The molecule has 0 fully saturated rings. The van der Waals surface area contributed by atoms with Gasteiger partial charge in [0.05, 0.1) is 0 Å². The molecule has 1 rings (SSSR count). The summed E-state index contributed by atoms with van der Waals surface area (Å²) in [5.41, 5.74) is 0. The number of aliphatic imine (C=N–C) groups is 1. The van der Waals surface area contributed by atoms with E-state index in [1.165, 1.54) is 0 Å². The van der Waals surface area contributed by atoms with Gasteiger partial charge in [-0.1, -0.05) is 66.8 Å². The molecule has 1 heteroatoms. The molecule has 0 unspecified atom stereocenters. The second-order valence-electron chi connectivity index (χ2n) is 2.95. The van der Waals surface area contributed by atoms with Gasteiger partial charge in [0.25, 0.3) is 0 Å². The van der Waals surface area contributed by atoms with Crippen LogP contribution in [0.1, 0.15) is 0 Å². The van der Waals surface area contributed by atoms with Crippen LogP contribution in [0.25, 0.3) is 0 Å². The van der Waals surface area contributed by atoms with E-state index < -0.39 is 0 Å². The van der Waals surface area contributed by atoms with Gasteiger partial charge in [-0.25, -0.2) is 0 Å². The average molecular weight is 209 g/mol. The molecule has 0 amide bonds. The van der Waals surface area contributed by atoms with E-state index in [4.69, 9.17) is 0 Å². The third kappa shape index (κ3) is 7.27. The van der Waals surface area contributed by atoms with Crippen molar-refractivity contribution >= 4 is 6.21 Å². The number of hydrogen-bond donors (Lipinski definition) is 0. The van der Waals surface area contributed by atoms with Crippen LogP contribution in [0, 0.1) is 0 Å². The summed E-state index contributed by atoms with van der Waals surface area (Å²) >= 11 is 0. The second-order valence-corrected chi connectivity index (χ2v) is 2.95. The molecule has 0 aliphatic carbocycles. The molecule has 0 aromatic heterocycles. The van der Waals surface area contributed by atoms with Crippen molar-refractivity contribution < 1.29 is 0 Å². The summed E-state index contributed by atoms with van der Waals surface area (Å²) in [7, 11) is 0. The van der Waals surface area contributed by atoms with Gasteiger partial charge in [-0.15, -0.1) is 0 Å². The molecule has 0 aromatic carbocycles. The molecular formula is C15H15N. The molecule has 1 aliphatic heterocycles. The Morgan fingerprint density at radius 3 is 1.25 bits per heavy atom. The number of hydrogen-bond acceptors (Lipinski definition) is 1. The minimum absolute atomic E-state index is 1.75. The summed E-state index contributed by atoms with van der Waals surface area (Å²) in [6.07, 6.45) is 28.9. The summed E-state index contributed by atoms with van der Waals surface area (Å²) in [5, 5.41) is 0. The standard InChI is InChI=1S/C15H15N/c1-2-4-6-8-10-12-14-16-15-13-11-9-7-5-3-1/h1-15H/b2-1+,3-1?,4-2?,5-3-,6-4+,7-5?,8-6?,9-7-,10-8-,11-9?,12-10?,13-11+,14-12-,15-13?,16-14?,16-15+. The molecule has 0 aromatic rings. The third-order valence-corrected chi connectivity index (χ3v) is 1.68. The quantitative estimate of drug-likeness (QED) is 0.573. The lowest BCUT2D eigenvalue weighted by molar-refractivity contribution is 1.59. The lowest BCUT2D eigenvalue weighted by atomic mass is 10.3. The van der Waals surface area contributed by atoms with E-state index >= 15 is 0 Å². The zero-order valence-electron chi connectivity index (χ0n) is 9.11. The average Bonchev–Trinajstić information content (AvgIpc) is 2.29. The Morgan fingerprint density at radius 2 is 0.750 bits per heavy atom. The molecule has 16 heavy (non-hydrogen) atoms. The van der Waals surface area contributed by atoms with Crippen molar-refractivity contribution in [2.75, 3.05) is 0 Å². The van der Waals surface area contributed by atoms with Gasteiger partial charge >= 0.3 is 0 Å². The van der Waals surface area contributed by atoms with E-state index in [9.17, 15) is 0 Å². The second kappa shape index (κ2) is 9.41. The number of allylic oxidation sites excluding steroid dienone is 13. The van der Waals surface area contributed by atoms with Crippen LogP contribution in [0.2, 0.25) is 0 Å². The highest BCUT2D eigenvalue weighted by Crippen LogP contribution is 1.86. The Labute approximate surface area is 96.9 Å². The van der Waals surface area contributed by atoms with Gasteiger partial charge in [0.1, 0.15) is 0 Å². The largest absolute Gasteiger partial charge is 0.265 e. The van der Waals surface area contributed by atoms with Crippen LogP contribution in [-0.4, -0.2) is 6.21 Å². The first kappa shape index (κ1) is 11.9. The van der Waals surface area contributed by atoms with Crippen LogP contribution in [0.4, 0.5) is 0 Å². The van der Waals surface area contributed by atoms with E-state index in [-0.39, 0.29) is 0 Å². The Bertz CT molecular complexity index is 247. The van der Waals surface area contributed by atoms with Crippen LogP contribution >= 0.6 is 0 Å². The fourth-order valence-corrected chi connectivity index (χ4v) is 0.954. The Balaban J connectivity index is 2.67. The molecule has 1 aliphatic rings. The van der Waals surface area contributed by atoms with Crippen molar-refractivity contribution in [1.82, 2.24) is 0 Å². The monoisotopic (exact) mass is 209 g/mol. The van der Waals surface area contributed by atoms with Crippen LogP contribution < -0.4 is 0 Å². The zero-order chi connectivity index (χ0) is 11.3. The molecule has 0 radical (unpaired) electrons. The zero-order valence-corrected chi connectivity index (χ0v) is 9.11. The minimum Gasteiger partial charge on any atom is -0.265 e. The van der Waals surface area contributed by atoms with Crippen molar-refractivity contribution in [3.63, 3.8) is 0 Å². The van der Waals surface area contributed by atoms with Gasteiger partial charge in [0.2, 0.25) is 0 Å². The van der Waals surface area contributed by atoms with E-state index in [1.54, 1.807) is 12.4 Å². The topological polar surface area (TPSA) is 12.4 Å². The maximum atomic E-state index is 4.07. The predicted molar refractivity (Wildman–Crippen MR) is 72.5 cm³/mol. The van der Waals surface area contributed by atoms with Crippen molar-refractivity contribution in [3.05, 3.63) is 85.2 Å². The summed E-state index contributed by atoms with van der Waals surface area (Å²) in [6, 6.07) is 0. The van der Waals surface area contributed by atoms with Crippen molar-refractivity contribution in [1.29, 1.82) is 0 Å². The van der Waals surface area contributed by atoms with Crippen LogP contribution in [0.5, 0.6) is 0 Å². The SMILES string of the molecule is C1=C\C=C\C=C\C=C/C=C\N=C\C=C\C=C/1. The third-order valence-electron chi connectivity index (χ3n) is 1.68. The first-order valence-electron chi connectivity index (χ1n) is 5.18. The number of rotatable bonds is 0. The van der Waals surface area contributed by atoms with Crippen LogP contribution in [0.15, 0.2) is 90.2 Å². The first-order valence-corrected chi connectivity index (χ1v) is 5.18. The van der Waals surface area contributed by atoms with Crippen molar-refractivity contribution in [3.8, 4) is 0 Å². The van der Waals surface area contributed by atoms with Gasteiger partial charge in [0, 0.05) is 12.4 Å². The molecular weight excluding hydrogens is 194 g/mol. The fraction of sp³-hybridized carbons (Fsp3) is 0. The van der Waals surface area contributed by atoms with E-state index in [0.29, 0.717) is 0 Å². The molecule has 0 atom stereocenters. The molecule has 0 saturated heterocycles. The van der Waals surface area contributed by atoms with Crippen LogP contribution in [0.3, 0.4) is 0 Å². The molecule has 80 valence electrons. The van der Waals surface area contributed by atoms with Crippen molar-refractivity contribution in [2.45, 2.75) is 0 Å². The van der Waals surface area contributed by atoms with E-state index in [1.807, 2.05) is 79.0 Å². The first-order chi connectivity index (χ1) is 8.00. The number of nitrogens with zero attached hydrogens (tertiary/aromatic N) is 1. The Hall–Kier alpha value is -2.15. The van der Waals surface area contributed by atoms with Gasteiger partial charge in [-0.05, 0) is 12.2 Å². The summed E-state index contributed by atoms with van der Waals surface area (Å²) < 4.78 is 0. The highest BCUT2D eigenvalue weighted by atomic mass is 14.6. The van der Waals surface area contributed by atoms with Crippen molar-refractivity contribution in [2.24, 2.45) is 4.99 Å². The molecule has 1 nitrogen and oxygen atoms in total. The molecule has 0 saturated carbocycles. The molecule has 0 bridgehead atoms. The maximum Gasteiger partial charge on any atom is 0.0267 e. The summed E-state index contributed by atoms with van der Waals surface area (Å²) in [6.45, 7) is 0.